The Morgan fingerprint density at radius 1 is 1.14 bits per heavy atom. The lowest BCUT2D eigenvalue weighted by atomic mass is 10.0. The minimum absolute atomic E-state index is 0.0564. The van der Waals surface area contributed by atoms with Gasteiger partial charge in [-0.2, -0.15) is 0 Å². The second-order valence-electron chi connectivity index (χ2n) is 7.86. The molecule has 6 nitrogen and oxygen atoms in total. The average Bonchev–Trinajstić information content (AvgIpc) is 2.78. The van der Waals surface area contributed by atoms with Crippen molar-refractivity contribution in [2.24, 2.45) is 0 Å². The van der Waals surface area contributed by atoms with Crippen LogP contribution in [0.2, 0.25) is 0 Å². The molecule has 0 bridgehead atoms. The second-order valence-corrected chi connectivity index (χ2v) is 7.86. The molecule has 29 heavy (non-hydrogen) atoms. The van der Waals surface area contributed by atoms with Gasteiger partial charge in [0.1, 0.15) is 6.61 Å². The summed E-state index contributed by atoms with van der Waals surface area (Å²) in [5.74, 6) is 0.589. The lowest BCUT2D eigenvalue weighted by molar-refractivity contribution is -0.0423. The topological polar surface area (TPSA) is 54.9 Å². The van der Waals surface area contributed by atoms with Gasteiger partial charge >= 0.3 is 0 Å². The molecule has 0 N–H and O–H groups in total. The van der Waals surface area contributed by atoms with Crippen LogP contribution >= 0.6 is 0 Å². The Bertz CT molecular complexity index is 789. The van der Waals surface area contributed by atoms with Gasteiger partial charge in [-0.05, 0) is 31.4 Å². The number of aromatic nitrogens is 1. The number of carbonyl (C=O) groups is 1. The van der Waals surface area contributed by atoms with Gasteiger partial charge < -0.3 is 14.4 Å². The van der Waals surface area contributed by atoms with Gasteiger partial charge in [-0.1, -0.05) is 30.3 Å². The van der Waals surface area contributed by atoms with E-state index in [-0.39, 0.29) is 5.91 Å². The molecule has 1 amide bonds. The van der Waals surface area contributed by atoms with Crippen LogP contribution in [0.4, 0.5) is 0 Å². The smallest absolute Gasteiger partial charge is 0.255 e. The Hall–Kier alpha value is -2.44. The molecule has 1 aromatic carbocycles. The van der Waals surface area contributed by atoms with Crippen molar-refractivity contribution < 1.29 is 14.3 Å². The van der Waals surface area contributed by atoms with Crippen LogP contribution in [0.3, 0.4) is 0 Å². The molecule has 1 atom stereocenters. The zero-order valence-corrected chi connectivity index (χ0v) is 17.0. The van der Waals surface area contributed by atoms with Gasteiger partial charge in [-0.3, -0.25) is 9.69 Å². The molecule has 4 rings (SSSR count). The van der Waals surface area contributed by atoms with Gasteiger partial charge in [0.05, 0.1) is 18.3 Å². The lowest BCUT2D eigenvalue weighted by Gasteiger charge is -2.41. The highest BCUT2D eigenvalue weighted by Crippen LogP contribution is 2.21. The third-order valence-electron chi connectivity index (χ3n) is 5.75. The quantitative estimate of drug-likeness (QED) is 0.779. The van der Waals surface area contributed by atoms with Crippen LogP contribution in [0.25, 0.3) is 0 Å². The van der Waals surface area contributed by atoms with Gasteiger partial charge in [0, 0.05) is 44.5 Å². The summed E-state index contributed by atoms with van der Waals surface area (Å²) in [6, 6.07) is 14.1. The van der Waals surface area contributed by atoms with Gasteiger partial charge in [0.25, 0.3) is 5.91 Å². The Morgan fingerprint density at radius 3 is 2.62 bits per heavy atom. The molecule has 2 aliphatic rings. The van der Waals surface area contributed by atoms with Crippen molar-refractivity contribution in [3.63, 3.8) is 0 Å². The van der Waals surface area contributed by atoms with Gasteiger partial charge in [-0.15, -0.1) is 0 Å². The molecule has 2 aliphatic heterocycles. The zero-order valence-electron chi connectivity index (χ0n) is 17.0. The number of nitrogens with zero attached hydrogens (tertiary/aromatic N) is 3. The molecular formula is C23H29N3O3. The summed E-state index contributed by atoms with van der Waals surface area (Å²) < 4.78 is 11.4. The number of morpholine rings is 1. The van der Waals surface area contributed by atoms with E-state index in [0.29, 0.717) is 30.2 Å². The van der Waals surface area contributed by atoms with E-state index in [1.54, 1.807) is 12.3 Å². The maximum absolute atomic E-state index is 12.8. The molecule has 2 saturated heterocycles. The summed E-state index contributed by atoms with van der Waals surface area (Å²) in [5.41, 5.74) is 1.71. The van der Waals surface area contributed by atoms with Crippen LogP contribution in [0.1, 0.15) is 35.7 Å². The lowest BCUT2D eigenvalue weighted by Crippen LogP contribution is -2.51. The SMILES string of the molecule is CC1CN(C2CCN(C(=O)c3ccc(OCc4ccccc4)nc3)CC2)CCO1. The first-order valence-corrected chi connectivity index (χ1v) is 10.5. The normalized spacial score (nSPS) is 21.1. The Labute approximate surface area is 172 Å². The van der Waals surface area contributed by atoms with Crippen molar-refractivity contribution in [1.29, 1.82) is 0 Å². The molecule has 2 aromatic rings. The van der Waals surface area contributed by atoms with Crippen LogP contribution in [0, 0.1) is 0 Å². The van der Waals surface area contributed by atoms with Crippen molar-refractivity contribution >= 4 is 5.91 Å². The summed E-state index contributed by atoms with van der Waals surface area (Å²) in [4.78, 5) is 21.6. The number of amides is 1. The summed E-state index contributed by atoms with van der Waals surface area (Å²) in [7, 11) is 0. The Morgan fingerprint density at radius 2 is 1.93 bits per heavy atom. The standard InChI is InChI=1S/C23H29N3O3/c1-18-16-26(13-14-28-18)21-9-11-25(12-10-21)23(27)20-7-8-22(24-15-20)29-17-19-5-3-2-4-6-19/h2-8,15,18,21H,9-14,16-17H2,1H3. The summed E-state index contributed by atoms with van der Waals surface area (Å²) in [6.07, 6.45) is 3.96. The number of benzene rings is 1. The van der Waals surface area contributed by atoms with E-state index in [2.05, 4.69) is 16.8 Å². The number of carbonyl (C=O) groups excluding carboxylic acids is 1. The second kappa shape index (κ2) is 9.37. The average molecular weight is 396 g/mol. The van der Waals surface area contributed by atoms with Crippen LogP contribution in [-0.4, -0.2) is 65.6 Å². The van der Waals surface area contributed by atoms with Crippen molar-refractivity contribution in [2.75, 3.05) is 32.8 Å². The Balaban J connectivity index is 1.27. The number of hydrogen-bond acceptors (Lipinski definition) is 5. The molecule has 154 valence electrons. The van der Waals surface area contributed by atoms with E-state index in [0.717, 1.165) is 51.2 Å². The summed E-state index contributed by atoms with van der Waals surface area (Å²) >= 11 is 0. The van der Waals surface area contributed by atoms with Crippen molar-refractivity contribution in [3.8, 4) is 5.88 Å². The number of rotatable bonds is 5. The van der Waals surface area contributed by atoms with Gasteiger partial charge in [0.15, 0.2) is 0 Å². The number of ether oxygens (including phenoxy) is 2. The van der Waals surface area contributed by atoms with E-state index in [9.17, 15) is 4.79 Å². The first-order chi connectivity index (χ1) is 14.2. The zero-order chi connectivity index (χ0) is 20.1. The maximum atomic E-state index is 12.8. The highest BCUT2D eigenvalue weighted by molar-refractivity contribution is 5.94. The van der Waals surface area contributed by atoms with Gasteiger partial charge in [-0.25, -0.2) is 4.98 Å². The van der Waals surface area contributed by atoms with Crippen LogP contribution in [0.15, 0.2) is 48.7 Å². The van der Waals surface area contributed by atoms with Crippen LogP contribution in [0.5, 0.6) is 5.88 Å². The predicted octanol–water partition coefficient (Wildman–Crippen LogP) is 2.99. The first-order valence-electron chi connectivity index (χ1n) is 10.5. The molecule has 2 fully saturated rings. The van der Waals surface area contributed by atoms with Crippen molar-refractivity contribution in [2.45, 2.75) is 38.5 Å². The van der Waals surface area contributed by atoms with Gasteiger partial charge in [0.2, 0.25) is 5.88 Å². The fourth-order valence-electron chi connectivity index (χ4n) is 4.12. The highest BCUT2D eigenvalue weighted by Gasteiger charge is 2.29. The minimum Gasteiger partial charge on any atom is -0.473 e. The minimum atomic E-state index is 0.0564. The summed E-state index contributed by atoms with van der Waals surface area (Å²) in [6.45, 7) is 6.98. The predicted molar refractivity (Wildman–Crippen MR) is 111 cm³/mol. The molecule has 0 saturated carbocycles. The number of piperidine rings is 1. The fraction of sp³-hybridized carbons (Fsp3) is 0.478. The highest BCUT2D eigenvalue weighted by atomic mass is 16.5. The van der Waals surface area contributed by atoms with Crippen molar-refractivity contribution in [3.05, 3.63) is 59.8 Å². The summed E-state index contributed by atoms with van der Waals surface area (Å²) in [5, 5.41) is 0. The third kappa shape index (κ3) is 5.14. The monoisotopic (exact) mass is 395 g/mol. The van der Waals surface area contributed by atoms with Crippen LogP contribution < -0.4 is 4.74 Å². The maximum Gasteiger partial charge on any atom is 0.255 e. The van der Waals surface area contributed by atoms with Crippen molar-refractivity contribution in [1.82, 2.24) is 14.8 Å². The van der Waals surface area contributed by atoms with E-state index in [4.69, 9.17) is 9.47 Å². The molecule has 0 aliphatic carbocycles. The molecule has 0 spiro atoms. The first kappa shape index (κ1) is 19.9. The van der Waals surface area contributed by atoms with E-state index >= 15 is 0 Å². The molecule has 3 heterocycles. The number of likely N-dealkylation sites (tertiary alicyclic amines) is 1. The molecule has 0 radical (unpaired) electrons. The molecule has 6 heteroatoms. The van der Waals surface area contributed by atoms with E-state index in [1.807, 2.05) is 41.3 Å². The number of hydrogen-bond donors (Lipinski definition) is 0. The largest absolute Gasteiger partial charge is 0.473 e. The third-order valence-corrected chi connectivity index (χ3v) is 5.75. The van der Waals surface area contributed by atoms with Crippen LogP contribution in [-0.2, 0) is 11.3 Å². The molecule has 1 unspecified atom stereocenters. The number of pyridine rings is 1. The Kier molecular flexibility index (Phi) is 6.42. The van der Waals surface area contributed by atoms with E-state index in [1.165, 1.54) is 0 Å². The fourth-order valence-corrected chi connectivity index (χ4v) is 4.12. The molecule has 1 aromatic heterocycles. The molecular weight excluding hydrogens is 366 g/mol. The van der Waals surface area contributed by atoms with E-state index < -0.39 is 0 Å².